The number of carbonyl (C=O) groups is 1. The van der Waals surface area contributed by atoms with Crippen molar-refractivity contribution in [2.24, 2.45) is 0 Å². The minimum atomic E-state index is -0.213. The number of pyridine rings is 1. The smallest absolute Gasteiger partial charge is 0.225 e. The molecule has 0 aliphatic heterocycles. The van der Waals surface area contributed by atoms with Gasteiger partial charge in [0.15, 0.2) is 11.6 Å². The number of aryl methyl sites for hydroxylation is 3. The molecular weight excluding hydrogens is 414 g/mol. The van der Waals surface area contributed by atoms with E-state index in [0.717, 1.165) is 33.3 Å². The number of para-hydroxylation sites is 2. The van der Waals surface area contributed by atoms with Gasteiger partial charge in [0.1, 0.15) is 17.4 Å². The Hall–Kier alpha value is -4.18. The van der Waals surface area contributed by atoms with Crippen molar-refractivity contribution >= 4 is 22.6 Å². The Labute approximate surface area is 192 Å². The van der Waals surface area contributed by atoms with Gasteiger partial charge in [-0.3, -0.25) is 4.79 Å². The summed E-state index contributed by atoms with van der Waals surface area (Å²) < 4.78 is 7.28. The van der Waals surface area contributed by atoms with Crippen molar-refractivity contribution in [1.82, 2.24) is 14.8 Å². The van der Waals surface area contributed by atoms with Gasteiger partial charge in [0.25, 0.3) is 0 Å². The first-order valence-electron chi connectivity index (χ1n) is 10.8. The molecule has 0 saturated carbocycles. The molecule has 166 valence electrons. The largest absolute Gasteiger partial charge is 0.493 e. The number of carbonyl (C=O) groups excluding carboxylic acids is 1. The summed E-state index contributed by atoms with van der Waals surface area (Å²) in [5, 5.41) is 17.8. The Morgan fingerprint density at radius 1 is 1.09 bits per heavy atom. The van der Waals surface area contributed by atoms with Crippen molar-refractivity contribution in [3.05, 3.63) is 77.0 Å². The standard InChI is InChI=1S/C26H25N5O2/c1-17-8-4-5-11-22(17)33-13-7-12-24(32)30-26-20(15-27)16-28-31(26)23-14-19(3)21-10-6-9-18(2)25(21)29-23/h4-6,8-11,14,16H,7,12-13H2,1-3H3,(H,30,32). The normalized spacial score (nSPS) is 10.7. The molecule has 7 heteroatoms. The van der Waals surface area contributed by atoms with E-state index < -0.39 is 0 Å². The molecular formula is C26H25N5O2. The number of hydrogen-bond acceptors (Lipinski definition) is 5. The van der Waals surface area contributed by atoms with Crippen LogP contribution in [0.4, 0.5) is 5.82 Å². The van der Waals surface area contributed by atoms with Crippen molar-refractivity contribution in [2.45, 2.75) is 33.6 Å². The Morgan fingerprint density at radius 2 is 1.88 bits per heavy atom. The van der Waals surface area contributed by atoms with Gasteiger partial charge in [-0.1, -0.05) is 36.4 Å². The molecule has 33 heavy (non-hydrogen) atoms. The van der Waals surface area contributed by atoms with Crippen LogP contribution >= 0.6 is 0 Å². The molecule has 4 rings (SSSR count). The molecule has 0 aliphatic carbocycles. The number of aromatic nitrogens is 3. The van der Waals surface area contributed by atoms with E-state index in [1.807, 2.05) is 69.3 Å². The molecule has 0 spiro atoms. The third-order valence-corrected chi connectivity index (χ3v) is 5.50. The lowest BCUT2D eigenvalue weighted by atomic mass is 10.1. The van der Waals surface area contributed by atoms with E-state index in [0.29, 0.717) is 24.7 Å². The van der Waals surface area contributed by atoms with Gasteiger partial charge in [-0.25, -0.2) is 4.98 Å². The van der Waals surface area contributed by atoms with Crippen LogP contribution in [0.5, 0.6) is 5.75 Å². The summed E-state index contributed by atoms with van der Waals surface area (Å²) in [5.41, 5.74) is 4.29. The van der Waals surface area contributed by atoms with Crippen molar-refractivity contribution in [3.63, 3.8) is 0 Å². The van der Waals surface area contributed by atoms with Gasteiger partial charge in [-0.15, -0.1) is 0 Å². The topological polar surface area (TPSA) is 92.8 Å². The second-order valence-electron chi connectivity index (χ2n) is 7.96. The zero-order chi connectivity index (χ0) is 23.4. The predicted octanol–water partition coefficient (Wildman–Crippen LogP) is 5.02. The van der Waals surface area contributed by atoms with Crippen LogP contribution in [0.3, 0.4) is 0 Å². The van der Waals surface area contributed by atoms with Crippen LogP contribution in [-0.2, 0) is 4.79 Å². The fraction of sp³-hybridized carbons (Fsp3) is 0.231. The molecule has 0 fully saturated rings. The van der Waals surface area contributed by atoms with Crippen LogP contribution in [-0.4, -0.2) is 27.3 Å². The number of nitrogens with zero attached hydrogens (tertiary/aromatic N) is 4. The SMILES string of the molecule is Cc1ccccc1OCCCC(=O)Nc1c(C#N)cnn1-c1cc(C)c2cccc(C)c2n1. The summed E-state index contributed by atoms with van der Waals surface area (Å²) in [6.45, 7) is 6.42. The number of nitriles is 1. The maximum absolute atomic E-state index is 12.6. The highest BCUT2D eigenvalue weighted by atomic mass is 16.5. The maximum Gasteiger partial charge on any atom is 0.225 e. The van der Waals surface area contributed by atoms with Gasteiger partial charge in [-0.2, -0.15) is 15.0 Å². The molecule has 0 atom stereocenters. The molecule has 2 aromatic carbocycles. The molecule has 0 aliphatic rings. The summed E-state index contributed by atoms with van der Waals surface area (Å²) >= 11 is 0. The molecule has 1 N–H and O–H groups in total. The average molecular weight is 440 g/mol. The van der Waals surface area contributed by atoms with Gasteiger partial charge < -0.3 is 10.1 Å². The first-order valence-corrected chi connectivity index (χ1v) is 10.8. The number of hydrogen-bond donors (Lipinski definition) is 1. The molecule has 2 heterocycles. The Bertz CT molecular complexity index is 1370. The van der Waals surface area contributed by atoms with Crippen molar-refractivity contribution < 1.29 is 9.53 Å². The predicted molar refractivity (Wildman–Crippen MR) is 128 cm³/mol. The second-order valence-corrected chi connectivity index (χ2v) is 7.96. The zero-order valence-corrected chi connectivity index (χ0v) is 18.9. The third kappa shape index (κ3) is 4.70. The molecule has 0 bridgehead atoms. The van der Waals surface area contributed by atoms with Crippen molar-refractivity contribution in [1.29, 1.82) is 5.26 Å². The Balaban J connectivity index is 1.50. The van der Waals surface area contributed by atoms with Gasteiger partial charge in [0.2, 0.25) is 5.91 Å². The van der Waals surface area contributed by atoms with E-state index in [1.165, 1.54) is 10.9 Å². The van der Waals surface area contributed by atoms with E-state index in [2.05, 4.69) is 16.5 Å². The lowest BCUT2D eigenvalue weighted by Crippen LogP contribution is -2.17. The van der Waals surface area contributed by atoms with E-state index >= 15 is 0 Å². The van der Waals surface area contributed by atoms with Crippen LogP contribution < -0.4 is 10.1 Å². The molecule has 0 saturated heterocycles. The Kier molecular flexibility index (Phi) is 6.36. The molecule has 1 amide bonds. The van der Waals surface area contributed by atoms with Crippen LogP contribution in [0.2, 0.25) is 0 Å². The summed E-state index contributed by atoms with van der Waals surface area (Å²) in [6, 6.07) is 17.8. The van der Waals surface area contributed by atoms with Crippen LogP contribution in [0, 0.1) is 32.1 Å². The number of nitrogens with one attached hydrogen (secondary N) is 1. The number of rotatable bonds is 7. The number of amides is 1. The Morgan fingerprint density at radius 3 is 2.67 bits per heavy atom. The fourth-order valence-corrected chi connectivity index (χ4v) is 3.70. The summed E-state index contributed by atoms with van der Waals surface area (Å²) in [4.78, 5) is 17.4. The number of ether oxygens (including phenoxy) is 1. The molecule has 4 aromatic rings. The van der Waals surface area contributed by atoms with E-state index in [4.69, 9.17) is 9.72 Å². The summed E-state index contributed by atoms with van der Waals surface area (Å²) in [6.07, 6.45) is 2.24. The zero-order valence-electron chi connectivity index (χ0n) is 18.9. The molecule has 0 radical (unpaired) electrons. The lowest BCUT2D eigenvalue weighted by Gasteiger charge is -2.12. The first kappa shape index (κ1) is 22.0. The molecule has 2 aromatic heterocycles. The first-order chi connectivity index (χ1) is 16.0. The van der Waals surface area contributed by atoms with E-state index in [1.54, 1.807) is 0 Å². The highest BCUT2D eigenvalue weighted by Crippen LogP contribution is 2.25. The number of anilines is 1. The van der Waals surface area contributed by atoms with Crippen LogP contribution in [0.15, 0.2) is 54.7 Å². The third-order valence-electron chi connectivity index (χ3n) is 5.50. The summed E-state index contributed by atoms with van der Waals surface area (Å²) in [7, 11) is 0. The van der Waals surface area contributed by atoms with Crippen molar-refractivity contribution in [2.75, 3.05) is 11.9 Å². The van der Waals surface area contributed by atoms with E-state index in [-0.39, 0.29) is 17.9 Å². The molecule has 0 unspecified atom stereocenters. The second kappa shape index (κ2) is 9.53. The van der Waals surface area contributed by atoms with Gasteiger partial charge in [0, 0.05) is 11.8 Å². The highest BCUT2D eigenvalue weighted by molar-refractivity contribution is 5.91. The summed E-state index contributed by atoms with van der Waals surface area (Å²) in [5.74, 6) is 1.47. The average Bonchev–Trinajstić information content (AvgIpc) is 3.21. The van der Waals surface area contributed by atoms with Crippen molar-refractivity contribution in [3.8, 4) is 17.6 Å². The highest BCUT2D eigenvalue weighted by Gasteiger charge is 2.17. The lowest BCUT2D eigenvalue weighted by molar-refractivity contribution is -0.116. The number of benzene rings is 2. The minimum Gasteiger partial charge on any atom is -0.493 e. The maximum atomic E-state index is 12.6. The minimum absolute atomic E-state index is 0.213. The van der Waals surface area contributed by atoms with Gasteiger partial charge in [-0.05, 0) is 56.0 Å². The van der Waals surface area contributed by atoms with Crippen LogP contribution in [0.1, 0.15) is 35.1 Å². The van der Waals surface area contributed by atoms with E-state index in [9.17, 15) is 10.1 Å². The number of fused-ring (bicyclic) bond motifs is 1. The monoisotopic (exact) mass is 439 g/mol. The fourth-order valence-electron chi connectivity index (χ4n) is 3.70. The quantitative estimate of drug-likeness (QED) is 0.408. The molecule has 7 nitrogen and oxygen atoms in total. The van der Waals surface area contributed by atoms with Gasteiger partial charge in [0.05, 0.1) is 18.3 Å². The van der Waals surface area contributed by atoms with Gasteiger partial charge >= 0.3 is 0 Å². The van der Waals surface area contributed by atoms with Crippen LogP contribution in [0.25, 0.3) is 16.7 Å².